The molecule has 0 aliphatic carbocycles. The summed E-state index contributed by atoms with van der Waals surface area (Å²) in [5.41, 5.74) is 1.61. The molecule has 6 nitrogen and oxygen atoms in total. The van der Waals surface area contributed by atoms with Crippen molar-refractivity contribution in [1.82, 2.24) is 14.9 Å². The lowest BCUT2D eigenvalue weighted by atomic mass is 9.98. The Kier molecular flexibility index (Phi) is 6.67. The van der Waals surface area contributed by atoms with Crippen LogP contribution in [0.4, 0.5) is 4.79 Å². The number of hydrogen-bond acceptors (Lipinski definition) is 6. The third-order valence-corrected chi connectivity index (χ3v) is 5.83. The number of aryl methyl sites for hydroxylation is 1. The molecule has 28 heavy (non-hydrogen) atoms. The number of rotatable bonds is 5. The Balaban J connectivity index is 1.43. The van der Waals surface area contributed by atoms with Gasteiger partial charge in [-0.15, -0.1) is 11.3 Å². The zero-order valence-corrected chi connectivity index (χ0v) is 17.9. The molecule has 0 N–H and O–H groups in total. The van der Waals surface area contributed by atoms with Gasteiger partial charge in [0.15, 0.2) is 0 Å². The Morgan fingerprint density at radius 1 is 1.32 bits per heavy atom. The molecular formula is C21H29N3O3S. The first-order valence-corrected chi connectivity index (χ1v) is 10.6. The average molecular weight is 404 g/mol. The highest BCUT2D eigenvalue weighted by molar-refractivity contribution is 7.15. The molecule has 3 rings (SSSR count). The Morgan fingerprint density at radius 2 is 2.07 bits per heavy atom. The molecular weight excluding hydrogens is 374 g/mol. The lowest BCUT2D eigenvalue weighted by molar-refractivity contribution is 0.0106. The summed E-state index contributed by atoms with van der Waals surface area (Å²) in [7, 11) is 0. The van der Waals surface area contributed by atoms with Gasteiger partial charge in [0.1, 0.15) is 10.6 Å². The van der Waals surface area contributed by atoms with E-state index in [9.17, 15) is 4.79 Å². The van der Waals surface area contributed by atoms with Crippen LogP contribution in [0.5, 0.6) is 0 Å². The van der Waals surface area contributed by atoms with E-state index in [1.165, 1.54) is 0 Å². The van der Waals surface area contributed by atoms with Crippen LogP contribution in [0.25, 0.3) is 10.6 Å². The predicted octanol–water partition coefficient (Wildman–Crippen LogP) is 4.68. The molecule has 1 aliphatic heterocycles. The molecule has 3 heterocycles. The van der Waals surface area contributed by atoms with Gasteiger partial charge in [-0.05, 0) is 58.6 Å². The van der Waals surface area contributed by atoms with Crippen LogP contribution in [-0.4, -0.2) is 46.3 Å². The van der Waals surface area contributed by atoms with Crippen molar-refractivity contribution >= 4 is 17.4 Å². The van der Waals surface area contributed by atoms with Gasteiger partial charge in [0.25, 0.3) is 0 Å². The van der Waals surface area contributed by atoms with Gasteiger partial charge in [-0.1, -0.05) is 0 Å². The highest BCUT2D eigenvalue weighted by Crippen LogP contribution is 2.28. The summed E-state index contributed by atoms with van der Waals surface area (Å²) in [4.78, 5) is 23.9. The van der Waals surface area contributed by atoms with E-state index in [4.69, 9.17) is 9.47 Å². The molecule has 0 radical (unpaired) electrons. The summed E-state index contributed by atoms with van der Waals surface area (Å²) >= 11 is 1.66. The molecule has 1 fully saturated rings. The number of carbonyl (C=O) groups excluding carboxylic acids is 1. The molecule has 2 aromatic heterocycles. The van der Waals surface area contributed by atoms with E-state index in [0.29, 0.717) is 19.1 Å². The van der Waals surface area contributed by atoms with Crippen molar-refractivity contribution in [2.45, 2.75) is 52.7 Å². The quantitative estimate of drug-likeness (QED) is 0.725. The number of carbonyl (C=O) groups is 1. The van der Waals surface area contributed by atoms with E-state index < -0.39 is 5.60 Å². The van der Waals surface area contributed by atoms with Gasteiger partial charge in [-0.3, -0.25) is 4.98 Å². The summed E-state index contributed by atoms with van der Waals surface area (Å²) in [6, 6.07) is 3.94. The third-order valence-electron chi connectivity index (χ3n) is 4.65. The Bertz CT molecular complexity index is 778. The molecule has 0 bridgehead atoms. The lowest BCUT2D eigenvalue weighted by Crippen LogP contribution is -2.42. The van der Waals surface area contributed by atoms with Crippen molar-refractivity contribution in [3.8, 4) is 10.6 Å². The topological polar surface area (TPSA) is 64.6 Å². The number of ether oxygens (including phenoxy) is 2. The summed E-state index contributed by atoms with van der Waals surface area (Å²) in [5, 5.41) is 0.981. The predicted molar refractivity (Wildman–Crippen MR) is 110 cm³/mol. The Labute approximate surface area is 170 Å². The second-order valence-electron chi connectivity index (χ2n) is 8.20. The molecule has 0 atom stereocenters. The van der Waals surface area contributed by atoms with Crippen molar-refractivity contribution in [1.29, 1.82) is 0 Å². The fourth-order valence-corrected chi connectivity index (χ4v) is 4.09. The van der Waals surface area contributed by atoms with Gasteiger partial charge in [0.05, 0.1) is 23.8 Å². The maximum atomic E-state index is 12.1. The number of nitrogens with zero attached hydrogens (tertiary/aromatic N) is 3. The fourth-order valence-electron chi connectivity index (χ4n) is 3.10. The van der Waals surface area contributed by atoms with Crippen molar-refractivity contribution in [2.24, 2.45) is 5.92 Å². The second kappa shape index (κ2) is 9.01. The zero-order chi connectivity index (χ0) is 20.1. The van der Waals surface area contributed by atoms with E-state index in [1.807, 2.05) is 46.0 Å². The van der Waals surface area contributed by atoms with Crippen molar-refractivity contribution in [2.75, 3.05) is 19.7 Å². The summed E-state index contributed by atoms with van der Waals surface area (Å²) < 4.78 is 11.4. The molecule has 0 unspecified atom stereocenters. The third kappa shape index (κ3) is 5.75. The first-order chi connectivity index (χ1) is 13.3. The van der Waals surface area contributed by atoms with Crippen molar-refractivity contribution < 1.29 is 14.3 Å². The van der Waals surface area contributed by atoms with Crippen LogP contribution in [0.15, 0.2) is 24.5 Å². The molecule has 0 saturated carbocycles. The van der Waals surface area contributed by atoms with Crippen LogP contribution in [0.1, 0.15) is 44.2 Å². The standard InChI is InChI=1S/C21H29N3O3S/c1-15-18(28-19(23-15)17-6-5-9-22-12-17)14-26-13-16-7-10-24(11-8-16)20(25)27-21(2,3)4/h5-6,9,12,16H,7-8,10-11,13-14H2,1-4H3. The minimum Gasteiger partial charge on any atom is -0.444 e. The highest BCUT2D eigenvalue weighted by Gasteiger charge is 2.27. The van der Waals surface area contributed by atoms with E-state index in [1.54, 1.807) is 22.4 Å². The second-order valence-corrected chi connectivity index (χ2v) is 9.28. The van der Waals surface area contributed by atoms with Crippen LogP contribution in [-0.2, 0) is 16.1 Å². The maximum absolute atomic E-state index is 12.1. The van der Waals surface area contributed by atoms with Gasteiger partial charge >= 0.3 is 6.09 Å². The summed E-state index contributed by atoms with van der Waals surface area (Å²) in [6.07, 6.45) is 5.28. The minimum atomic E-state index is -0.446. The largest absolute Gasteiger partial charge is 0.444 e. The molecule has 2 aromatic rings. The number of thiazole rings is 1. The number of piperidine rings is 1. The average Bonchev–Trinajstić information content (AvgIpc) is 3.02. The number of aromatic nitrogens is 2. The molecule has 1 aliphatic rings. The van der Waals surface area contributed by atoms with Gasteiger partial charge < -0.3 is 14.4 Å². The SMILES string of the molecule is Cc1nc(-c2cccnc2)sc1COCC1CCN(C(=O)OC(C)(C)C)CC1. The monoisotopic (exact) mass is 403 g/mol. The molecule has 0 aromatic carbocycles. The van der Waals surface area contributed by atoms with Crippen LogP contribution < -0.4 is 0 Å². The van der Waals surface area contributed by atoms with Crippen LogP contribution in [0, 0.1) is 12.8 Å². The normalized spacial score (nSPS) is 15.6. The first-order valence-electron chi connectivity index (χ1n) is 9.74. The van der Waals surface area contributed by atoms with Gasteiger partial charge in [0.2, 0.25) is 0 Å². The first kappa shape index (κ1) is 20.7. The molecule has 0 spiro atoms. The summed E-state index contributed by atoms with van der Waals surface area (Å²) in [6.45, 7) is 10.5. The fraction of sp³-hybridized carbons (Fsp3) is 0.571. The van der Waals surface area contributed by atoms with Gasteiger partial charge in [-0.2, -0.15) is 0 Å². The molecule has 152 valence electrons. The Hall–Kier alpha value is -1.99. The minimum absolute atomic E-state index is 0.213. The van der Waals surface area contributed by atoms with Crippen molar-refractivity contribution in [3.63, 3.8) is 0 Å². The molecule has 1 amide bonds. The number of hydrogen-bond donors (Lipinski definition) is 0. The van der Waals surface area contributed by atoms with E-state index in [-0.39, 0.29) is 6.09 Å². The Morgan fingerprint density at radius 3 is 2.71 bits per heavy atom. The number of likely N-dealkylation sites (tertiary alicyclic amines) is 1. The van der Waals surface area contributed by atoms with Gasteiger partial charge in [-0.25, -0.2) is 9.78 Å². The summed E-state index contributed by atoms with van der Waals surface area (Å²) in [5.74, 6) is 0.477. The van der Waals surface area contributed by atoms with Crippen molar-refractivity contribution in [3.05, 3.63) is 35.1 Å². The van der Waals surface area contributed by atoms with Crippen LogP contribution in [0.2, 0.25) is 0 Å². The van der Waals surface area contributed by atoms with Gasteiger partial charge in [0, 0.05) is 31.0 Å². The smallest absolute Gasteiger partial charge is 0.410 e. The van der Waals surface area contributed by atoms with E-state index in [0.717, 1.165) is 47.1 Å². The number of pyridine rings is 1. The molecule has 1 saturated heterocycles. The highest BCUT2D eigenvalue weighted by atomic mass is 32.1. The number of amides is 1. The lowest BCUT2D eigenvalue weighted by Gasteiger charge is -2.33. The van der Waals surface area contributed by atoms with E-state index in [2.05, 4.69) is 9.97 Å². The van der Waals surface area contributed by atoms with Crippen LogP contribution in [0.3, 0.4) is 0 Å². The van der Waals surface area contributed by atoms with E-state index >= 15 is 0 Å². The zero-order valence-electron chi connectivity index (χ0n) is 17.1. The van der Waals surface area contributed by atoms with Crippen LogP contribution >= 0.6 is 11.3 Å². The maximum Gasteiger partial charge on any atom is 0.410 e. The molecule has 7 heteroatoms.